The molecule has 1 aromatic rings. The summed E-state index contributed by atoms with van der Waals surface area (Å²) >= 11 is 0. The number of hydrogen-bond donors (Lipinski definition) is 2. The maximum Gasteiger partial charge on any atom is 0.307 e. The molecule has 1 aromatic carbocycles. The molecule has 1 saturated carbocycles. The van der Waals surface area contributed by atoms with Crippen LogP contribution in [0.15, 0.2) is 30.3 Å². The Morgan fingerprint density at radius 1 is 1.24 bits per heavy atom. The molecule has 0 bridgehead atoms. The van der Waals surface area contributed by atoms with Crippen LogP contribution in [0.2, 0.25) is 0 Å². The molecular formula is C17H23NO3. The lowest BCUT2D eigenvalue weighted by Gasteiger charge is -2.21. The van der Waals surface area contributed by atoms with Crippen molar-refractivity contribution in [2.75, 3.05) is 6.54 Å². The topological polar surface area (TPSA) is 66.4 Å². The van der Waals surface area contributed by atoms with E-state index in [1.807, 2.05) is 18.2 Å². The third-order valence-electron chi connectivity index (χ3n) is 4.27. The van der Waals surface area contributed by atoms with Crippen LogP contribution in [0.5, 0.6) is 0 Å². The number of hydrogen-bond acceptors (Lipinski definition) is 2. The zero-order valence-corrected chi connectivity index (χ0v) is 12.6. The Labute approximate surface area is 125 Å². The molecule has 1 fully saturated rings. The fourth-order valence-corrected chi connectivity index (χ4v) is 2.58. The minimum atomic E-state index is -0.861. The van der Waals surface area contributed by atoms with Crippen molar-refractivity contribution in [2.45, 2.75) is 26.7 Å². The number of carboxylic acids is 1. The van der Waals surface area contributed by atoms with Crippen LogP contribution in [0.3, 0.4) is 0 Å². The average Bonchev–Trinajstić information content (AvgIpc) is 3.24. The fourth-order valence-electron chi connectivity index (χ4n) is 2.58. The van der Waals surface area contributed by atoms with Crippen molar-refractivity contribution in [2.24, 2.45) is 23.7 Å². The zero-order chi connectivity index (χ0) is 15.4. The van der Waals surface area contributed by atoms with Gasteiger partial charge in [0, 0.05) is 6.54 Å². The van der Waals surface area contributed by atoms with E-state index in [4.69, 9.17) is 5.11 Å². The van der Waals surface area contributed by atoms with Crippen LogP contribution >= 0.6 is 0 Å². The lowest BCUT2D eigenvalue weighted by atomic mass is 9.89. The highest BCUT2D eigenvalue weighted by molar-refractivity contribution is 5.89. The molecule has 0 spiro atoms. The van der Waals surface area contributed by atoms with Crippen molar-refractivity contribution in [1.29, 1.82) is 0 Å². The second kappa shape index (κ2) is 6.74. The maximum absolute atomic E-state index is 11.9. The first-order valence-corrected chi connectivity index (χ1v) is 7.53. The Bertz CT molecular complexity index is 498. The number of carbonyl (C=O) groups is 2. The van der Waals surface area contributed by atoms with Crippen molar-refractivity contribution in [1.82, 2.24) is 5.32 Å². The SMILES string of the molecule is CC(C)C(CNC(=O)C1CC1C(=O)O)Cc1ccccc1. The van der Waals surface area contributed by atoms with Gasteiger partial charge in [-0.15, -0.1) is 0 Å². The first-order valence-electron chi connectivity index (χ1n) is 7.53. The van der Waals surface area contributed by atoms with Crippen molar-refractivity contribution in [3.63, 3.8) is 0 Å². The smallest absolute Gasteiger partial charge is 0.307 e. The van der Waals surface area contributed by atoms with Gasteiger partial charge < -0.3 is 10.4 Å². The Hall–Kier alpha value is -1.84. The molecular weight excluding hydrogens is 266 g/mol. The molecule has 21 heavy (non-hydrogen) atoms. The van der Waals surface area contributed by atoms with Crippen LogP contribution < -0.4 is 5.32 Å². The number of aliphatic carboxylic acids is 1. The number of carbonyl (C=O) groups excluding carboxylic acids is 1. The van der Waals surface area contributed by atoms with Gasteiger partial charge >= 0.3 is 5.97 Å². The summed E-state index contributed by atoms with van der Waals surface area (Å²) in [5.41, 5.74) is 1.26. The summed E-state index contributed by atoms with van der Waals surface area (Å²) in [5, 5.41) is 11.8. The van der Waals surface area contributed by atoms with Gasteiger partial charge in [0.2, 0.25) is 5.91 Å². The molecule has 3 atom stereocenters. The van der Waals surface area contributed by atoms with Crippen molar-refractivity contribution >= 4 is 11.9 Å². The molecule has 0 saturated heterocycles. The van der Waals surface area contributed by atoms with Crippen LogP contribution in [0.25, 0.3) is 0 Å². The molecule has 2 N–H and O–H groups in total. The van der Waals surface area contributed by atoms with E-state index in [1.54, 1.807) is 0 Å². The van der Waals surface area contributed by atoms with Crippen LogP contribution in [-0.2, 0) is 16.0 Å². The Morgan fingerprint density at radius 3 is 2.43 bits per heavy atom. The Balaban J connectivity index is 1.84. The van der Waals surface area contributed by atoms with E-state index in [1.165, 1.54) is 5.56 Å². The monoisotopic (exact) mass is 289 g/mol. The third-order valence-corrected chi connectivity index (χ3v) is 4.27. The highest BCUT2D eigenvalue weighted by Crippen LogP contribution is 2.38. The van der Waals surface area contributed by atoms with E-state index >= 15 is 0 Å². The van der Waals surface area contributed by atoms with Gasteiger partial charge in [0.1, 0.15) is 0 Å². The quantitative estimate of drug-likeness (QED) is 0.809. The standard InChI is InChI=1S/C17H23NO3/c1-11(2)13(8-12-6-4-3-5-7-12)10-18-16(19)14-9-15(14)17(20)21/h3-7,11,13-15H,8-10H2,1-2H3,(H,18,19)(H,20,21). The van der Waals surface area contributed by atoms with Crippen LogP contribution in [0.1, 0.15) is 25.8 Å². The molecule has 0 aromatic heterocycles. The van der Waals surface area contributed by atoms with Crippen molar-refractivity contribution < 1.29 is 14.7 Å². The number of rotatable bonds is 7. The molecule has 1 amide bonds. The first-order chi connectivity index (χ1) is 9.99. The minimum Gasteiger partial charge on any atom is -0.481 e. The summed E-state index contributed by atoms with van der Waals surface area (Å²) in [7, 11) is 0. The normalized spacial score (nSPS) is 21.9. The number of nitrogens with one attached hydrogen (secondary N) is 1. The molecule has 3 unspecified atom stereocenters. The molecule has 2 rings (SSSR count). The van der Waals surface area contributed by atoms with Gasteiger partial charge in [0.25, 0.3) is 0 Å². The molecule has 114 valence electrons. The lowest BCUT2D eigenvalue weighted by Crippen LogP contribution is -2.34. The second-order valence-electron chi connectivity index (χ2n) is 6.23. The van der Waals surface area contributed by atoms with Crippen LogP contribution in [0.4, 0.5) is 0 Å². The summed E-state index contributed by atoms with van der Waals surface area (Å²) < 4.78 is 0. The van der Waals surface area contributed by atoms with Gasteiger partial charge in [-0.25, -0.2) is 0 Å². The zero-order valence-electron chi connectivity index (χ0n) is 12.6. The predicted octanol–water partition coefficient (Wildman–Crippen LogP) is 2.34. The van der Waals surface area contributed by atoms with Crippen LogP contribution in [-0.4, -0.2) is 23.5 Å². The molecule has 1 aliphatic carbocycles. The van der Waals surface area contributed by atoms with Gasteiger partial charge in [0.05, 0.1) is 11.8 Å². The Morgan fingerprint density at radius 2 is 1.90 bits per heavy atom. The molecule has 4 nitrogen and oxygen atoms in total. The summed E-state index contributed by atoms with van der Waals surface area (Å²) in [6.45, 7) is 4.90. The highest BCUT2D eigenvalue weighted by Gasteiger charge is 2.48. The predicted molar refractivity (Wildman–Crippen MR) is 80.7 cm³/mol. The molecule has 0 aliphatic heterocycles. The first kappa shape index (κ1) is 15.5. The highest BCUT2D eigenvalue weighted by atomic mass is 16.4. The molecule has 0 heterocycles. The van der Waals surface area contributed by atoms with Gasteiger partial charge in [-0.1, -0.05) is 44.2 Å². The maximum atomic E-state index is 11.9. The van der Waals surface area contributed by atoms with Crippen molar-refractivity contribution in [3.05, 3.63) is 35.9 Å². The molecule has 1 aliphatic rings. The van der Waals surface area contributed by atoms with E-state index in [0.29, 0.717) is 24.8 Å². The fraction of sp³-hybridized carbons (Fsp3) is 0.529. The molecule has 0 radical (unpaired) electrons. The lowest BCUT2D eigenvalue weighted by molar-refractivity contribution is -0.140. The summed E-state index contributed by atoms with van der Waals surface area (Å²) in [6.07, 6.45) is 1.40. The van der Waals surface area contributed by atoms with Gasteiger partial charge in [-0.2, -0.15) is 0 Å². The number of amides is 1. The minimum absolute atomic E-state index is 0.110. The van der Waals surface area contributed by atoms with Gasteiger partial charge in [-0.05, 0) is 30.2 Å². The summed E-state index contributed by atoms with van der Waals surface area (Å²) in [6, 6.07) is 10.2. The van der Waals surface area contributed by atoms with Crippen LogP contribution in [0, 0.1) is 23.7 Å². The van der Waals surface area contributed by atoms with E-state index in [-0.39, 0.29) is 11.8 Å². The molecule has 4 heteroatoms. The van der Waals surface area contributed by atoms with E-state index < -0.39 is 11.9 Å². The van der Waals surface area contributed by atoms with E-state index in [2.05, 4.69) is 31.3 Å². The van der Waals surface area contributed by atoms with E-state index in [0.717, 1.165) is 6.42 Å². The summed E-state index contributed by atoms with van der Waals surface area (Å²) in [5.74, 6) is -0.956. The Kier molecular flexibility index (Phi) is 4.99. The van der Waals surface area contributed by atoms with E-state index in [9.17, 15) is 9.59 Å². The second-order valence-corrected chi connectivity index (χ2v) is 6.23. The van der Waals surface area contributed by atoms with Gasteiger partial charge in [0.15, 0.2) is 0 Å². The third kappa shape index (κ3) is 4.31. The number of carboxylic acid groups (broad SMARTS) is 1. The summed E-state index contributed by atoms with van der Waals surface area (Å²) in [4.78, 5) is 22.7. The van der Waals surface area contributed by atoms with Gasteiger partial charge in [-0.3, -0.25) is 9.59 Å². The average molecular weight is 289 g/mol. The number of benzene rings is 1. The van der Waals surface area contributed by atoms with Crippen molar-refractivity contribution in [3.8, 4) is 0 Å². The largest absolute Gasteiger partial charge is 0.481 e.